The van der Waals surface area contributed by atoms with Gasteiger partial charge in [0.2, 0.25) is 0 Å². The molecule has 1 saturated carbocycles. The number of rotatable bonds is 5. The zero-order valence-electron chi connectivity index (χ0n) is 9.95. The Bertz CT molecular complexity index is 659. The topological polar surface area (TPSA) is 50.5 Å². The molecule has 0 saturated heterocycles. The molecule has 3 rings (SSSR count). The lowest BCUT2D eigenvalue weighted by molar-refractivity contribution is 0.357. The molecule has 0 atom stereocenters. The van der Waals surface area contributed by atoms with Crippen molar-refractivity contribution in [3.63, 3.8) is 0 Å². The van der Waals surface area contributed by atoms with Crippen LogP contribution >= 0.6 is 27.3 Å². The molecule has 0 bridgehead atoms. The maximum atomic E-state index is 12.7. The van der Waals surface area contributed by atoms with E-state index in [1.807, 2.05) is 0 Å². The molecular weight excluding hydrogens is 350 g/mol. The van der Waals surface area contributed by atoms with Gasteiger partial charge in [0, 0.05) is 10.5 Å². The second-order valence-electron chi connectivity index (χ2n) is 4.42. The lowest BCUT2D eigenvalue weighted by atomic mass is 10.4. The van der Waals surface area contributed by atoms with Crippen LogP contribution in [0.1, 0.15) is 18.6 Å². The van der Waals surface area contributed by atoms with Crippen LogP contribution in [0.4, 0.5) is 0 Å². The lowest BCUT2D eigenvalue weighted by Gasteiger charge is -2.20. The monoisotopic (exact) mass is 361 g/mol. The minimum absolute atomic E-state index is 0.101. The molecule has 1 aliphatic carbocycles. The summed E-state index contributed by atoms with van der Waals surface area (Å²) >= 11 is 4.53. The van der Waals surface area contributed by atoms with Gasteiger partial charge in [-0.2, -0.15) is 4.31 Å². The molecular formula is C12H12BrNO3S2. The first-order valence-electron chi connectivity index (χ1n) is 5.86. The third-order valence-electron chi connectivity index (χ3n) is 2.97. The van der Waals surface area contributed by atoms with E-state index in [0.29, 0.717) is 21.0 Å². The van der Waals surface area contributed by atoms with Crippen molar-refractivity contribution in [1.29, 1.82) is 0 Å². The summed E-state index contributed by atoms with van der Waals surface area (Å²) in [6.45, 7) is 0.296. The van der Waals surface area contributed by atoms with Crippen molar-refractivity contribution in [3.05, 3.63) is 40.1 Å². The molecule has 2 aromatic rings. The number of nitrogens with zero attached hydrogens (tertiary/aromatic N) is 1. The molecule has 19 heavy (non-hydrogen) atoms. The molecule has 0 aliphatic heterocycles. The summed E-state index contributed by atoms with van der Waals surface area (Å²) in [7, 11) is -3.46. The Morgan fingerprint density at radius 3 is 2.74 bits per heavy atom. The highest BCUT2D eigenvalue weighted by molar-refractivity contribution is 9.10. The van der Waals surface area contributed by atoms with Crippen molar-refractivity contribution >= 4 is 37.3 Å². The van der Waals surface area contributed by atoms with Gasteiger partial charge in [-0.1, -0.05) is 0 Å². The van der Waals surface area contributed by atoms with Crippen molar-refractivity contribution in [2.75, 3.05) is 0 Å². The number of sulfonamides is 1. The van der Waals surface area contributed by atoms with Crippen molar-refractivity contribution in [2.24, 2.45) is 0 Å². The Morgan fingerprint density at radius 2 is 2.21 bits per heavy atom. The van der Waals surface area contributed by atoms with Gasteiger partial charge in [-0.15, -0.1) is 11.3 Å². The molecule has 1 fully saturated rings. The highest BCUT2D eigenvalue weighted by atomic mass is 79.9. The van der Waals surface area contributed by atoms with Crippen LogP contribution in [0, 0.1) is 0 Å². The number of hydrogen-bond acceptors (Lipinski definition) is 4. The fourth-order valence-electron chi connectivity index (χ4n) is 1.90. The van der Waals surface area contributed by atoms with Crippen molar-refractivity contribution in [1.82, 2.24) is 4.31 Å². The molecule has 4 nitrogen and oxygen atoms in total. The smallest absolute Gasteiger partial charge is 0.254 e. The molecule has 1 aliphatic rings. The lowest BCUT2D eigenvalue weighted by Crippen LogP contribution is -2.32. The largest absolute Gasteiger partial charge is 0.468 e. The average Bonchev–Trinajstić information content (AvgIpc) is 2.88. The van der Waals surface area contributed by atoms with E-state index in [1.54, 1.807) is 34.1 Å². The van der Waals surface area contributed by atoms with E-state index in [2.05, 4.69) is 15.9 Å². The number of furan rings is 1. The van der Waals surface area contributed by atoms with Crippen molar-refractivity contribution in [3.8, 4) is 0 Å². The first-order chi connectivity index (χ1) is 9.09. The van der Waals surface area contributed by atoms with Gasteiger partial charge in [-0.05, 0) is 52.4 Å². The SMILES string of the molecule is O=S(=O)(c1sccc1Br)N(Cc1ccco1)C1CC1. The Hall–Kier alpha value is -0.630. The van der Waals surface area contributed by atoms with E-state index in [1.165, 1.54) is 11.3 Å². The Balaban J connectivity index is 1.94. The Kier molecular flexibility index (Phi) is 3.55. The van der Waals surface area contributed by atoms with Crippen LogP contribution in [0.3, 0.4) is 0 Å². The minimum Gasteiger partial charge on any atom is -0.468 e. The van der Waals surface area contributed by atoms with Gasteiger partial charge in [-0.25, -0.2) is 8.42 Å². The van der Waals surface area contributed by atoms with E-state index < -0.39 is 10.0 Å². The summed E-state index contributed by atoms with van der Waals surface area (Å²) < 4.78 is 33.2. The highest BCUT2D eigenvalue weighted by Gasteiger charge is 2.39. The highest BCUT2D eigenvalue weighted by Crippen LogP contribution is 2.37. The molecule has 0 N–H and O–H groups in total. The quantitative estimate of drug-likeness (QED) is 0.819. The molecule has 2 heterocycles. The Morgan fingerprint density at radius 1 is 1.42 bits per heavy atom. The van der Waals surface area contributed by atoms with E-state index in [4.69, 9.17) is 4.42 Å². The van der Waals surface area contributed by atoms with Crippen LogP contribution in [-0.2, 0) is 16.6 Å². The van der Waals surface area contributed by atoms with Crippen LogP contribution in [0.25, 0.3) is 0 Å². The standard InChI is InChI=1S/C12H12BrNO3S2/c13-11-5-7-18-12(11)19(15,16)14(9-3-4-9)8-10-2-1-6-17-10/h1-2,5-7,9H,3-4,8H2. The summed E-state index contributed by atoms with van der Waals surface area (Å²) in [5.41, 5.74) is 0. The van der Waals surface area contributed by atoms with Gasteiger partial charge in [0.15, 0.2) is 0 Å². The average molecular weight is 362 g/mol. The van der Waals surface area contributed by atoms with Gasteiger partial charge < -0.3 is 4.42 Å². The molecule has 2 aromatic heterocycles. The van der Waals surface area contributed by atoms with Gasteiger partial charge in [-0.3, -0.25) is 0 Å². The van der Waals surface area contributed by atoms with Crippen LogP contribution in [0.15, 0.2) is 42.9 Å². The molecule has 0 amide bonds. The first kappa shape index (κ1) is 13.4. The van der Waals surface area contributed by atoms with Crippen molar-refractivity contribution < 1.29 is 12.8 Å². The van der Waals surface area contributed by atoms with Crippen LogP contribution in [0.5, 0.6) is 0 Å². The summed E-state index contributed by atoms with van der Waals surface area (Å²) in [5.74, 6) is 0.670. The number of hydrogen-bond donors (Lipinski definition) is 0. The number of halogens is 1. The fraction of sp³-hybridized carbons (Fsp3) is 0.333. The second kappa shape index (κ2) is 5.05. The molecule has 0 aromatic carbocycles. The summed E-state index contributed by atoms with van der Waals surface area (Å²) in [6.07, 6.45) is 3.40. The van der Waals surface area contributed by atoms with Crippen molar-refractivity contribution in [2.45, 2.75) is 29.6 Å². The van der Waals surface area contributed by atoms with Crippen LogP contribution < -0.4 is 0 Å². The maximum absolute atomic E-state index is 12.7. The summed E-state index contributed by atoms with van der Waals surface area (Å²) in [5, 5.41) is 1.77. The predicted octanol–water partition coefficient (Wildman–Crippen LogP) is 3.46. The summed E-state index contributed by atoms with van der Waals surface area (Å²) in [6, 6.07) is 5.43. The normalized spacial score (nSPS) is 16.1. The predicted molar refractivity (Wildman–Crippen MR) is 76.5 cm³/mol. The van der Waals surface area contributed by atoms with Gasteiger partial charge >= 0.3 is 0 Å². The van der Waals surface area contributed by atoms with E-state index in [-0.39, 0.29) is 6.04 Å². The second-order valence-corrected chi connectivity index (χ2v) is 8.27. The van der Waals surface area contributed by atoms with Gasteiger partial charge in [0.25, 0.3) is 10.0 Å². The molecule has 0 unspecified atom stereocenters. The van der Waals surface area contributed by atoms with E-state index in [0.717, 1.165) is 12.8 Å². The zero-order valence-corrected chi connectivity index (χ0v) is 13.2. The molecule has 0 spiro atoms. The van der Waals surface area contributed by atoms with E-state index in [9.17, 15) is 8.42 Å². The molecule has 102 valence electrons. The third-order valence-corrected chi connectivity index (χ3v) is 7.52. The third kappa shape index (κ3) is 2.65. The van der Waals surface area contributed by atoms with Gasteiger partial charge in [0.05, 0.1) is 12.8 Å². The van der Waals surface area contributed by atoms with Gasteiger partial charge in [0.1, 0.15) is 9.97 Å². The molecule has 0 radical (unpaired) electrons. The summed E-state index contributed by atoms with van der Waals surface area (Å²) in [4.78, 5) is 0. The Labute approximate surface area is 124 Å². The molecule has 7 heteroatoms. The number of thiophene rings is 1. The zero-order chi connectivity index (χ0) is 13.5. The minimum atomic E-state index is -3.46. The first-order valence-corrected chi connectivity index (χ1v) is 8.97. The van der Waals surface area contributed by atoms with Crippen LogP contribution in [-0.4, -0.2) is 18.8 Å². The maximum Gasteiger partial charge on any atom is 0.254 e. The van der Waals surface area contributed by atoms with Crippen LogP contribution in [0.2, 0.25) is 0 Å². The fourth-order valence-corrected chi connectivity index (χ4v) is 5.98. The van der Waals surface area contributed by atoms with E-state index >= 15 is 0 Å².